The molecular formula is C22H23ClN6O. The highest BCUT2D eigenvalue weighted by molar-refractivity contribution is 6.32. The van der Waals surface area contributed by atoms with Crippen molar-refractivity contribution in [3.8, 4) is 11.4 Å². The molecule has 0 saturated carbocycles. The minimum atomic E-state index is -0.313. The van der Waals surface area contributed by atoms with Crippen LogP contribution in [0.3, 0.4) is 0 Å². The van der Waals surface area contributed by atoms with Crippen LogP contribution in [0, 0.1) is 6.92 Å². The van der Waals surface area contributed by atoms with E-state index in [0.29, 0.717) is 0 Å². The molecule has 7 nitrogen and oxygen atoms in total. The van der Waals surface area contributed by atoms with Gasteiger partial charge in [-0.2, -0.15) is 10.2 Å². The van der Waals surface area contributed by atoms with Gasteiger partial charge < -0.3 is 14.6 Å². The van der Waals surface area contributed by atoms with Crippen LogP contribution in [0.2, 0.25) is 5.02 Å². The lowest BCUT2D eigenvalue weighted by atomic mass is 9.97. The molecule has 1 atom stereocenters. The molecule has 0 bridgehead atoms. The number of ether oxygens (including phenoxy) is 1. The van der Waals surface area contributed by atoms with Gasteiger partial charge in [-0.3, -0.25) is 0 Å². The molecule has 4 aromatic rings. The summed E-state index contributed by atoms with van der Waals surface area (Å²) in [6.07, 6.45) is 5.39. The Morgan fingerprint density at radius 3 is 2.70 bits per heavy atom. The summed E-state index contributed by atoms with van der Waals surface area (Å²) in [4.78, 5) is 12.6. The number of anilines is 1. The zero-order valence-electron chi connectivity index (χ0n) is 17.2. The first-order chi connectivity index (χ1) is 14.5. The molecule has 0 amide bonds. The zero-order chi connectivity index (χ0) is 20.9. The van der Waals surface area contributed by atoms with E-state index in [4.69, 9.17) is 21.3 Å². The number of nitrogens with zero attached hydrogens (tertiary/aromatic N) is 5. The summed E-state index contributed by atoms with van der Waals surface area (Å²) in [7, 11) is 1.68. The number of hydrogen-bond donors (Lipinski definition) is 1. The fourth-order valence-electron chi connectivity index (χ4n) is 4.39. The number of imidazole rings is 1. The minimum Gasteiger partial charge on any atom is -0.497 e. The molecule has 1 saturated heterocycles. The Morgan fingerprint density at radius 1 is 1.13 bits per heavy atom. The van der Waals surface area contributed by atoms with E-state index in [1.807, 2.05) is 37.3 Å². The summed E-state index contributed by atoms with van der Waals surface area (Å²) >= 11 is 6.33. The average Bonchev–Trinajstić information content (AvgIpc) is 3.50. The monoisotopic (exact) mass is 422 g/mol. The fourth-order valence-corrected chi connectivity index (χ4v) is 4.55. The first-order valence-electron chi connectivity index (χ1n) is 9.99. The quantitative estimate of drug-likeness (QED) is 0.519. The highest BCUT2D eigenvalue weighted by Gasteiger charge is 2.42. The molecule has 8 heteroatoms. The van der Waals surface area contributed by atoms with Gasteiger partial charge in [0.05, 0.1) is 41.8 Å². The molecule has 2 aromatic carbocycles. The molecule has 0 radical (unpaired) electrons. The van der Waals surface area contributed by atoms with Gasteiger partial charge >= 0.3 is 0 Å². The highest BCUT2D eigenvalue weighted by atomic mass is 35.5. The van der Waals surface area contributed by atoms with Crippen LogP contribution in [0.4, 0.5) is 5.69 Å². The van der Waals surface area contributed by atoms with Crippen molar-refractivity contribution in [3.63, 3.8) is 0 Å². The Morgan fingerprint density at radius 2 is 1.93 bits per heavy atom. The van der Waals surface area contributed by atoms with Crippen LogP contribution in [-0.4, -0.2) is 38.6 Å². The number of benzene rings is 2. The summed E-state index contributed by atoms with van der Waals surface area (Å²) in [6, 6.07) is 9.89. The van der Waals surface area contributed by atoms with E-state index < -0.39 is 0 Å². The predicted molar refractivity (Wildman–Crippen MR) is 118 cm³/mol. The van der Waals surface area contributed by atoms with Gasteiger partial charge in [0.15, 0.2) is 0 Å². The molecule has 1 aliphatic heterocycles. The Kier molecular flexibility index (Phi) is 4.43. The van der Waals surface area contributed by atoms with Gasteiger partial charge in [0.2, 0.25) is 0 Å². The van der Waals surface area contributed by atoms with E-state index in [1.54, 1.807) is 24.3 Å². The Bertz CT molecular complexity index is 1220. The van der Waals surface area contributed by atoms with Crippen LogP contribution in [-0.2, 0) is 5.54 Å². The second kappa shape index (κ2) is 7.02. The highest BCUT2D eigenvalue weighted by Crippen LogP contribution is 2.44. The molecule has 154 valence electrons. The molecule has 0 spiro atoms. The second-order valence-corrected chi connectivity index (χ2v) is 8.26. The van der Waals surface area contributed by atoms with Crippen molar-refractivity contribution in [1.82, 2.24) is 25.0 Å². The molecule has 0 unspecified atom stereocenters. The number of rotatable bonds is 4. The lowest BCUT2D eigenvalue weighted by Crippen LogP contribution is -2.40. The largest absolute Gasteiger partial charge is 0.497 e. The lowest BCUT2D eigenvalue weighted by molar-refractivity contribution is 0.413. The maximum atomic E-state index is 6.33. The van der Waals surface area contributed by atoms with Crippen LogP contribution < -0.4 is 9.64 Å². The van der Waals surface area contributed by atoms with E-state index in [1.165, 1.54) is 0 Å². The van der Waals surface area contributed by atoms with Gasteiger partial charge in [-0.1, -0.05) is 11.6 Å². The minimum absolute atomic E-state index is 0.313. The summed E-state index contributed by atoms with van der Waals surface area (Å²) in [5, 5.41) is 9.43. The van der Waals surface area contributed by atoms with Crippen molar-refractivity contribution in [3.05, 3.63) is 59.1 Å². The van der Waals surface area contributed by atoms with Gasteiger partial charge in [0.25, 0.3) is 0 Å². The Balaban J connectivity index is 1.66. The van der Waals surface area contributed by atoms with Crippen molar-refractivity contribution < 1.29 is 4.74 Å². The lowest BCUT2D eigenvalue weighted by Gasteiger charge is -2.36. The number of H-pyrrole nitrogens is 1. The van der Waals surface area contributed by atoms with E-state index in [-0.39, 0.29) is 5.54 Å². The van der Waals surface area contributed by atoms with Crippen LogP contribution in [0.5, 0.6) is 5.75 Å². The zero-order valence-corrected chi connectivity index (χ0v) is 17.9. The number of fused-ring (bicyclic) bond motifs is 1. The molecule has 2 aromatic heterocycles. The third kappa shape index (κ3) is 2.84. The van der Waals surface area contributed by atoms with Gasteiger partial charge in [-0.15, -0.1) is 4.80 Å². The van der Waals surface area contributed by atoms with Gasteiger partial charge in [-0.05, 0) is 56.5 Å². The third-order valence-corrected chi connectivity index (χ3v) is 6.51. The van der Waals surface area contributed by atoms with Crippen LogP contribution in [0.15, 0.2) is 42.7 Å². The van der Waals surface area contributed by atoms with E-state index in [0.717, 1.165) is 64.0 Å². The summed E-state index contributed by atoms with van der Waals surface area (Å²) in [5.74, 6) is 1.73. The van der Waals surface area contributed by atoms with Crippen LogP contribution >= 0.6 is 11.6 Å². The number of halogens is 1. The number of aromatic nitrogens is 5. The van der Waals surface area contributed by atoms with Gasteiger partial charge in [0.1, 0.15) is 17.3 Å². The number of hydrogen-bond acceptors (Lipinski definition) is 5. The number of methoxy groups -OCH3 is 1. The van der Waals surface area contributed by atoms with Crippen molar-refractivity contribution in [2.75, 3.05) is 18.6 Å². The summed E-state index contributed by atoms with van der Waals surface area (Å²) < 4.78 is 5.52. The molecule has 1 aliphatic rings. The maximum Gasteiger partial charge on any atom is 0.132 e. The standard InChI is InChI=1S/C22H23ClN6O/c1-14-16(23)6-7-17-20(14)27-21(26-17)22(2)9-4-12-28(22)19-13-15(30-3)5-8-18(19)29-24-10-11-25-29/h5-8,10-11,13H,4,9,12H2,1-3H3,(H,26,27)/t22-/m0/s1. The molecule has 5 rings (SSSR count). The number of aromatic amines is 1. The molecule has 1 N–H and O–H groups in total. The Labute approximate surface area is 179 Å². The first kappa shape index (κ1) is 18.9. The Hall–Kier alpha value is -3.06. The van der Waals surface area contributed by atoms with Crippen molar-refractivity contribution in [2.24, 2.45) is 0 Å². The normalized spacial score (nSPS) is 19.0. The smallest absolute Gasteiger partial charge is 0.132 e. The van der Waals surface area contributed by atoms with E-state index in [2.05, 4.69) is 27.0 Å². The van der Waals surface area contributed by atoms with Crippen molar-refractivity contribution >= 4 is 28.3 Å². The number of nitrogens with one attached hydrogen (secondary N) is 1. The van der Waals surface area contributed by atoms with Gasteiger partial charge in [-0.25, -0.2) is 4.98 Å². The molecular weight excluding hydrogens is 400 g/mol. The average molecular weight is 423 g/mol. The summed E-state index contributed by atoms with van der Waals surface area (Å²) in [5.41, 5.74) is 4.52. The van der Waals surface area contributed by atoms with Crippen molar-refractivity contribution in [1.29, 1.82) is 0 Å². The number of aryl methyl sites for hydroxylation is 1. The first-order valence-corrected chi connectivity index (χ1v) is 10.4. The van der Waals surface area contributed by atoms with Crippen LogP contribution in [0.1, 0.15) is 31.2 Å². The van der Waals surface area contributed by atoms with E-state index >= 15 is 0 Å². The summed E-state index contributed by atoms with van der Waals surface area (Å²) in [6.45, 7) is 5.14. The predicted octanol–water partition coefficient (Wildman–Crippen LogP) is 4.63. The molecule has 0 aliphatic carbocycles. The van der Waals surface area contributed by atoms with E-state index in [9.17, 15) is 0 Å². The fraction of sp³-hybridized carbons (Fsp3) is 0.318. The maximum absolute atomic E-state index is 6.33. The molecule has 30 heavy (non-hydrogen) atoms. The molecule has 3 heterocycles. The molecule has 1 fully saturated rings. The second-order valence-electron chi connectivity index (χ2n) is 7.86. The van der Waals surface area contributed by atoms with Crippen molar-refractivity contribution in [2.45, 2.75) is 32.2 Å². The third-order valence-electron chi connectivity index (χ3n) is 6.10. The topological polar surface area (TPSA) is 71.9 Å². The SMILES string of the molecule is COc1ccc(-n2nccn2)c(N2CCC[C@@]2(C)c2nc3c(C)c(Cl)ccc3[nH]2)c1. The van der Waals surface area contributed by atoms with Gasteiger partial charge in [0, 0.05) is 17.6 Å². The van der Waals surface area contributed by atoms with Crippen LogP contribution in [0.25, 0.3) is 16.7 Å².